The second-order valence-electron chi connectivity index (χ2n) is 10.2. The number of fused-ring (bicyclic) bond motifs is 3. The van der Waals surface area contributed by atoms with Gasteiger partial charge in [0.05, 0.1) is 0 Å². The van der Waals surface area contributed by atoms with E-state index in [9.17, 15) is 0 Å². The van der Waals surface area contributed by atoms with Gasteiger partial charge in [-0.1, -0.05) is 111 Å². The number of ether oxygens (including phenoxy) is 1. The van der Waals surface area contributed by atoms with Crippen molar-refractivity contribution >= 4 is 10.8 Å². The average molecular weight is 479 g/mol. The molecular weight excluding hydrogens is 452 g/mol. The maximum atomic E-state index is 6.49. The number of hydrogen-bond donors (Lipinski definition) is 0. The predicted molar refractivity (Wildman–Crippen MR) is 151 cm³/mol. The standard InChI is InChI=1S/C35H26O2/c1-35(2)29-16-7-8-17-33(29)37-34-22-24(18-19-30(34)35)31-20-21-32(36-31)28-14-6-5-13-27(28)26-15-9-11-23-10-3-4-12-25(23)26/h3-22H,1-2H3. The summed E-state index contributed by atoms with van der Waals surface area (Å²) < 4.78 is 12.8. The van der Waals surface area contributed by atoms with E-state index in [2.05, 4.69) is 123 Å². The molecule has 0 bridgehead atoms. The van der Waals surface area contributed by atoms with Crippen molar-refractivity contribution in [3.63, 3.8) is 0 Å². The third kappa shape index (κ3) is 3.48. The molecule has 1 aromatic heterocycles. The molecule has 0 atom stereocenters. The van der Waals surface area contributed by atoms with Crippen LogP contribution in [0.4, 0.5) is 0 Å². The molecule has 37 heavy (non-hydrogen) atoms. The normalized spacial score (nSPS) is 13.6. The Morgan fingerprint density at radius 2 is 1.19 bits per heavy atom. The lowest BCUT2D eigenvalue weighted by Gasteiger charge is -2.34. The number of para-hydroxylation sites is 1. The van der Waals surface area contributed by atoms with Crippen LogP contribution in [0.15, 0.2) is 126 Å². The molecule has 0 N–H and O–H groups in total. The van der Waals surface area contributed by atoms with Gasteiger partial charge in [-0.05, 0) is 46.2 Å². The van der Waals surface area contributed by atoms with Gasteiger partial charge in [-0.2, -0.15) is 0 Å². The van der Waals surface area contributed by atoms with Crippen LogP contribution >= 0.6 is 0 Å². The molecule has 6 aromatic rings. The van der Waals surface area contributed by atoms with Gasteiger partial charge in [-0.3, -0.25) is 0 Å². The second-order valence-corrected chi connectivity index (χ2v) is 10.2. The third-order valence-electron chi connectivity index (χ3n) is 7.60. The van der Waals surface area contributed by atoms with Crippen molar-refractivity contribution in [2.75, 3.05) is 0 Å². The summed E-state index contributed by atoms with van der Waals surface area (Å²) in [7, 11) is 0. The van der Waals surface area contributed by atoms with E-state index in [-0.39, 0.29) is 5.41 Å². The first-order valence-electron chi connectivity index (χ1n) is 12.7. The SMILES string of the molecule is CC1(C)c2ccccc2Oc2cc(-c3ccc(-c4ccccc4-c4cccc5ccccc45)o3)ccc21. The van der Waals surface area contributed by atoms with Crippen LogP contribution < -0.4 is 4.74 Å². The van der Waals surface area contributed by atoms with Crippen LogP contribution in [0.2, 0.25) is 0 Å². The fourth-order valence-corrected chi connectivity index (χ4v) is 5.64. The minimum Gasteiger partial charge on any atom is -0.457 e. The summed E-state index contributed by atoms with van der Waals surface area (Å²) in [5, 5.41) is 2.47. The van der Waals surface area contributed by atoms with Crippen molar-refractivity contribution in [3.05, 3.63) is 132 Å². The summed E-state index contributed by atoms with van der Waals surface area (Å²) in [5.74, 6) is 3.48. The summed E-state index contributed by atoms with van der Waals surface area (Å²) in [6.45, 7) is 4.50. The zero-order chi connectivity index (χ0) is 25.0. The van der Waals surface area contributed by atoms with Gasteiger partial charge in [-0.15, -0.1) is 0 Å². The highest BCUT2D eigenvalue weighted by Crippen LogP contribution is 2.49. The molecule has 2 heterocycles. The largest absolute Gasteiger partial charge is 0.457 e. The van der Waals surface area contributed by atoms with Gasteiger partial charge in [0, 0.05) is 27.7 Å². The van der Waals surface area contributed by atoms with Crippen LogP contribution in [-0.2, 0) is 5.41 Å². The maximum Gasteiger partial charge on any atom is 0.135 e. The van der Waals surface area contributed by atoms with Crippen molar-refractivity contribution in [2.24, 2.45) is 0 Å². The quantitative estimate of drug-likeness (QED) is 0.252. The zero-order valence-electron chi connectivity index (χ0n) is 20.9. The molecule has 178 valence electrons. The average Bonchev–Trinajstić information content (AvgIpc) is 3.43. The number of rotatable bonds is 3. The Morgan fingerprint density at radius 3 is 2.11 bits per heavy atom. The van der Waals surface area contributed by atoms with Crippen molar-refractivity contribution in [3.8, 4) is 45.3 Å². The van der Waals surface area contributed by atoms with Crippen LogP contribution in [0.5, 0.6) is 11.5 Å². The molecule has 0 radical (unpaired) electrons. The van der Waals surface area contributed by atoms with Crippen LogP contribution in [0.1, 0.15) is 25.0 Å². The molecule has 0 unspecified atom stereocenters. The van der Waals surface area contributed by atoms with Crippen molar-refractivity contribution in [2.45, 2.75) is 19.3 Å². The Hall–Kier alpha value is -4.56. The van der Waals surface area contributed by atoms with Gasteiger partial charge < -0.3 is 9.15 Å². The van der Waals surface area contributed by atoms with Crippen LogP contribution in [0.3, 0.4) is 0 Å². The van der Waals surface area contributed by atoms with Gasteiger partial charge in [-0.25, -0.2) is 0 Å². The summed E-state index contributed by atoms with van der Waals surface area (Å²) in [4.78, 5) is 0. The van der Waals surface area contributed by atoms with Crippen molar-refractivity contribution in [1.82, 2.24) is 0 Å². The summed E-state index contributed by atoms with van der Waals surface area (Å²) >= 11 is 0. The molecule has 2 heteroatoms. The van der Waals surface area contributed by atoms with E-state index in [4.69, 9.17) is 9.15 Å². The molecule has 0 saturated carbocycles. The Bertz CT molecular complexity index is 1780. The van der Waals surface area contributed by atoms with Crippen LogP contribution in [0, 0.1) is 0 Å². The minimum absolute atomic E-state index is 0.131. The van der Waals surface area contributed by atoms with E-state index in [0.29, 0.717) is 0 Å². The minimum atomic E-state index is -0.131. The molecule has 7 rings (SSSR count). The molecule has 2 nitrogen and oxygen atoms in total. The molecule has 0 aliphatic carbocycles. The smallest absolute Gasteiger partial charge is 0.135 e. The van der Waals surface area contributed by atoms with Gasteiger partial charge in [0.2, 0.25) is 0 Å². The van der Waals surface area contributed by atoms with E-state index >= 15 is 0 Å². The molecule has 1 aliphatic rings. The van der Waals surface area contributed by atoms with Gasteiger partial charge in [0.1, 0.15) is 23.0 Å². The Balaban J connectivity index is 1.29. The topological polar surface area (TPSA) is 22.4 Å². The molecule has 0 spiro atoms. The number of benzene rings is 5. The van der Waals surface area contributed by atoms with E-state index in [1.165, 1.54) is 27.5 Å². The molecule has 5 aromatic carbocycles. The summed E-state index contributed by atoms with van der Waals surface area (Å²) in [5.41, 5.74) is 6.71. The fourth-order valence-electron chi connectivity index (χ4n) is 5.64. The maximum absolute atomic E-state index is 6.49. The van der Waals surface area contributed by atoms with Crippen LogP contribution in [0.25, 0.3) is 44.5 Å². The highest BCUT2D eigenvalue weighted by atomic mass is 16.5. The van der Waals surface area contributed by atoms with E-state index in [1.54, 1.807) is 0 Å². The molecule has 1 aliphatic heterocycles. The van der Waals surface area contributed by atoms with Gasteiger partial charge in [0.15, 0.2) is 0 Å². The third-order valence-corrected chi connectivity index (χ3v) is 7.60. The highest BCUT2D eigenvalue weighted by Gasteiger charge is 2.34. The lowest BCUT2D eigenvalue weighted by atomic mass is 9.75. The monoisotopic (exact) mass is 478 g/mol. The number of furan rings is 1. The lowest BCUT2D eigenvalue weighted by molar-refractivity contribution is 0.418. The highest BCUT2D eigenvalue weighted by molar-refractivity contribution is 6.00. The van der Waals surface area contributed by atoms with E-state index in [1.807, 2.05) is 12.1 Å². The van der Waals surface area contributed by atoms with E-state index < -0.39 is 0 Å². The summed E-state index contributed by atoms with van der Waals surface area (Å²) in [6, 6.07) is 42.3. The Labute approximate surface area is 216 Å². The number of hydrogen-bond acceptors (Lipinski definition) is 2. The van der Waals surface area contributed by atoms with Crippen molar-refractivity contribution in [1.29, 1.82) is 0 Å². The molecule has 0 amide bonds. The molecule has 0 fully saturated rings. The fraction of sp³-hybridized carbons (Fsp3) is 0.0857. The first-order chi connectivity index (χ1) is 18.1. The van der Waals surface area contributed by atoms with Gasteiger partial charge >= 0.3 is 0 Å². The molecular formula is C35H26O2. The van der Waals surface area contributed by atoms with E-state index in [0.717, 1.165) is 39.7 Å². The van der Waals surface area contributed by atoms with Crippen LogP contribution in [-0.4, -0.2) is 0 Å². The first kappa shape index (κ1) is 21.7. The second kappa shape index (κ2) is 8.25. The Kier molecular flexibility index (Phi) is 4.84. The van der Waals surface area contributed by atoms with Crippen molar-refractivity contribution < 1.29 is 9.15 Å². The van der Waals surface area contributed by atoms with Gasteiger partial charge in [0.25, 0.3) is 0 Å². The summed E-state index contributed by atoms with van der Waals surface area (Å²) in [6.07, 6.45) is 0. The first-order valence-corrected chi connectivity index (χ1v) is 12.7. The zero-order valence-corrected chi connectivity index (χ0v) is 20.9. The molecule has 0 saturated heterocycles. The lowest BCUT2D eigenvalue weighted by Crippen LogP contribution is -2.24. The predicted octanol–water partition coefficient (Wildman–Crippen LogP) is 9.87. The Morgan fingerprint density at radius 1 is 0.514 bits per heavy atom.